The molecule has 0 spiro atoms. The standard InChI is InChI=1S/C12H20N2/c13-8-7-12(5-6-12)10-14-9-1-2-11-3-4-11/h11,14H,1-7,9-10H2. The predicted octanol–water partition coefficient (Wildman–Crippen LogP) is 2.46. The minimum absolute atomic E-state index is 0.383. The highest BCUT2D eigenvalue weighted by Crippen LogP contribution is 2.47. The summed E-state index contributed by atoms with van der Waals surface area (Å²) in [4.78, 5) is 0. The van der Waals surface area contributed by atoms with E-state index in [0.29, 0.717) is 5.41 Å². The SMILES string of the molecule is N#CCC1(CNCCCC2CC2)CC1. The van der Waals surface area contributed by atoms with Crippen molar-refractivity contribution in [2.24, 2.45) is 11.3 Å². The number of nitriles is 1. The lowest BCUT2D eigenvalue weighted by Gasteiger charge is -2.11. The van der Waals surface area contributed by atoms with Crippen molar-refractivity contribution in [1.82, 2.24) is 5.32 Å². The molecular weight excluding hydrogens is 172 g/mol. The Kier molecular flexibility index (Phi) is 3.08. The molecule has 14 heavy (non-hydrogen) atoms. The minimum Gasteiger partial charge on any atom is -0.316 e. The normalized spacial score (nSPS) is 23.1. The molecule has 2 rings (SSSR count). The van der Waals surface area contributed by atoms with Crippen LogP contribution >= 0.6 is 0 Å². The third-order valence-corrected chi connectivity index (χ3v) is 3.57. The molecule has 0 radical (unpaired) electrons. The average Bonchev–Trinajstić information content (AvgIpc) is 3.01. The molecule has 0 aromatic carbocycles. The van der Waals surface area contributed by atoms with Crippen molar-refractivity contribution in [2.45, 2.75) is 44.9 Å². The van der Waals surface area contributed by atoms with E-state index in [9.17, 15) is 0 Å². The first kappa shape index (κ1) is 9.98. The highest BCUT2D eigenvalue weighted by atomic mass is 14.9. The van der Waals surface area contributed by atoms with Crippen LogP contribution in [0, 0.1) is 22.7 Å². The first-order valence-electron chi connectivity index (χ1n) is 5.92. The van der Waals surface area contributed by atoms with Gasteiger partial charge in [-0.05, 0) is 43.6 Å². The molecule has 0 saturated heterocycles. The Morgan fingerprint density at radius 2 is 2.14 bits per heavy atom. The fourth-order valence-corrected chi connectivity index (χ4v) is 2.04. The summed E-state index contributed by atoms with van der Waals surface area (Å²) >= 11 is 0. The van der Waals surface area contributed by atoms with Gasteiger partial charge >= 0.3 is 0 Å². The lowest BCUT2D eigenvalue weighted by molar-refractivity contribution is 0.458. The summed E-state index contributed by atoms with van der Waals surface area (Å²) in [6, 6.07) is 2.30. The van der Waals surface area contributed by atoms with Gasteiger partial charge in [0, 0.05) is 13.0 Å². The van der Waals surface area contributed by atoms with E-state index in [4.69, 9.17) is 5.26 Å². The number of nitrogens with zero attached hydrogens (tertiary/aromatic N) is 1. The predicted molar refractivity (Wildman–Crippen MR) is 56.7 cm³/mol. The van der Waals surface area contributed by atoms with Gasteiger partial charge in [0.2, 0.25) is 0 Å². The maximum atomic E-state index is 8.65. The molecule has 0 heterocycles. The second-order valence-electron chi connectivity index (χ2n) is 5.10. The van der Waals surface area contributed by atoms with Crippen molar-refractivity contribution in [1.29, 1.82) is 5.26 Å². The van der Waals surface area contributed by atoms with E-state index < -0.39 is 0 Å². The second kappa shape index (κ2) is 4.31. The van der Waals surface area contributed by atoms with Crippen molar-refractivity contribution in [3.63, 3.8) is 0 Å². The molecule has 0 aliphatic heterocycles. The van der Waals surface area contributed by atoms with Crippen LogP contribution in [0.5, 0.6) is 0 Å². The Labute approximate surface area is 86.7 Å². The van der Waals surface area contributed by atoms with Gasteiger partial charge in [-0.3, -0.25) is 0 Å². The highest BCUT2D eigenvalue weighted by Gasteiger charge is 2.41. The Balaban J connectivity index is 1.48. The molecule has 2 saturated carbocycles. The Hall–Kier alpha value is -0.550. The van der Waals surface area contributed by atoms with Crippen LogP contribution in [0.4, 0.5) is 0 Å². The van der Waals surface area contributed by atoms with Gasteiger partial charge in [-0.2, -0.15) is 5.26 Å². The third-order valence-electron chi connectivity index (χ3n) is 3.57. The molecule has 2 aliphatic rings. The summed E-state index contributed by atoms with van der Waals surface area (Å²) in [5.41, 5.74) is 0.383. The highest BCUT2D eigenvalue weighted by molar-refractivity contribution is 5.00. The lowest BCUT2D eigenvalue weighted by atomic mass is 10.0. The zero-order valence-corrected chi connectivity index (χ0v) is 8.89. The van der Waals surface area contributed by atoms with E-state index in [-0.39, 0.29) is 0 Å². The van der Waals surface area contributed by atoms with E-state index >= 15 is 0 Å². The van der Waals surface area contributed by atoms with Crippen LogP contribution in [0.15, 0.2) is 0 Å². The van der Waals surface area contributed by atoms with Crippen molar-refractivity contribution in [2.75, 3.05) is 13.1 Å². The van der Waals surface area contributed by atoms with E-state index in [1.54, 1.807) is 0 Å². The van der Waals surface area contributed by atoms with Gasteiger partial charge in [-0.1, -0.05) is 12.8 Å². The first-order chi connectivity index (χ1) is 6.85. The molecule has 2 nitrogen and oxygen atoms in total. The van der Waals surface area contributed by atoms with Crippen LogP contribution in [0.3, 0.4) is 0 Å². The van der Waals surface area contributed by atoms with Gasteiger partial charge in [0.05, 0.1) is 6.07 Å². The fourth-order valence-electron chi connectivity index (χ4n) is 2.04. The van der Waals surface area contributed by atoms with E-state index in [1.807, 2.05) is 0 Å². The quantitative estimate of drug-likeness (QED) is 0.629. The molecule has 0 atom stereocenters. The second-order valence-corrected chi connectivity index (χ2v) is 5.10. The number of rotatable bonds is 7. The maximum absolute atomic E-state index is 8.65. The van der Waals surface area contributed by atoms with Crippen LogP contribution in [0.2, 0.25) is 0 Å². The maximum Gasteiger partial charge on any atom is 0.0628 e. The monoisotopic (exact) mass is 192 g/mol. The summed E-state index contributed by atoms with van der Waals surface area (Å²) in [6.07, 6.45) is 8.96. The van der Waals surface area contributed by atoms with Gasteiger partial charge in [0.25, 0.3) is 0 Å². The molecule has 2 heteroatoms. The summed E-state index contributed by atoms with van der Waals surface area (Å²) in [7, 11) is 0. The Morgan fingerprint density at radius 1 is 1.36 bits per heavy atom. The number of nitrogens with one attached hydrogen (secondary N) is 1. The Morgan fingerprint density at radius 3 is 2.71 bits per heavy atom. The zero-order valence-electron chi connectivity index (χ0n) is 8.89. The van der Waals surface area contributed by atoms with Crippen LogP contribution in [-0.2, 0) is 0 Å². The van der Waals surface area contributed by atoms with Crippen molar-refractivity contribution in [3.05, 3.63) is 0 Å². The van der Waals surface area contributed by atoms with Gasteiger partial charge in [-0.25, -0.2) is 0 Å². The van der Waals surface area contributed by atoms with E-state index in [0.717, 1.165) is 25.4 Å². The van der Waals surface area contributed by atoms with Crippen LogP contribution in [0.1, 0.15) is 44.9 Å². The van der Waals surface area contributed by atoms with E-state index in [2.05, 4.69) is 11.4 Å². The third kappa shape index (κ3) is 2.99. The van der Waals surface area contributed by atoms with E-state index in [1.165, 1.54) is 38.5 Å². The van der Waals surface area contributed by atoms with Gasteiger partial charge in [0.15, 0.2) is 0 Å². The molecule has 0 unspecified atom stereocenters. The lowest BCUT2D eigenvalue weighted by Crippen LogP contribution is -2.24. The average molecular weight is 192 g/mol. The largest absolute Gasteiger partial charge is 0.316 e. The molecule has 1 N–H and O–H groups in total. The van der Waals surface area contributed by atoms with Crippen molar-refractivity contribution < 1.29 is 0 Å². The topological polar surface area (TPSA) is 35.8 Å². The molecule has 0 bridgehead atoms. The number of hydrogen-bond donors (Lipinski definition) is 1. The Bertz CT molecular complexity index is 221. The van der Waals surface area contributed by atoms with Gasteiger partial charge in [0.1, 0.15) is 0 Å². The molecule has 2 fully saturated rings. The molecule has 0 amide bonds. The van der Waals surface area contributed by atoms with Gasteiger partial charge in [-0.15, -0.1) is 0 Å². The fraction of sp³-hybridized carbons (Fsp3) is 0.917. The molecule has 0 aromatic heterocycles. The van der Waals surface area contributed by atoms with Crippen molar-refractivity contribution >= 4 is 0 Å². The summed E-state index contributed by atoms with van der Waals surface area (Å²) in [5, 5.41) is 12.2. The van der Waals surface area contributed by atoms with Crippen molar-refractivity contribution in [3.8, 4) is 6.07 Å². The first-order valence-corrected chi connectivity index (χ1v) is 5.92. The molecule has 2 aliphatic carbocycles. The van der Waals surface area contributed by atoms with Gasteiger partial charge < -0.3 is 5.32 Å². The van der Waals surface area contributed by atoms with Crippen LogP contribution in [0.25, 0.3) is 0 Å². The summed E-state index contributed by atoms with van der Waals surface area (Å²) in [5.74, 6) is 1.06. The minimum atomic E-state index is 0.383. The molecule has 78 valence electrons. The summed E-state index contributed by atoms with van der Waals surface area (Å²) < 4.78 is 0. The summed E-state index contributed by atoms with van der Waals surface area (Å²) in [6.45, 7) is 2.23. The molecule has 0 aromatic rings. The van der Waals surface area contributed by atoms with Crippen LogP contribution in [-0.4, -0.2) is 13.1 Å². The smallest absolute Gasteiger partial charge is 0.0628 e. The molecular formula is C12H20N2. The van der Waals surface area contributed by atoms with Crippen LogP contribution < -0.4 is 5.32 Å². The number of hydrogen-bond acceptors (Lipinski definition) is 2. The zero-order chi connectivity index (χ0) is 9.86.